The molecule has 0 unspecified atom stereocenters. The van der Waals surface area contributed by atoms with Gasteiger partial charge >= 0.3 is 5.97 Å². The standard InChI is InChI=1S/C11H11N3O4/c15-6-5-12-8-3-1-7(2-4-8)10-13-9(11(16)17)14-18-10/h1-4,12,15H,5-6H2,(H,16,17). The Morgan fingerprint density at radius 1 is 1.33 bits per heavy atom. The first-order chi connectivity index (χ1) is 8.70. The van der Waals surface area contributed by atoms with E-state index in [1.807, 2.05) is 0 Å². The van der Waals surface area contributed by atoms with Crippen molar-refractivity contribution in [1.82, 2.24) is 10.1 Å². The van der Waals surface area contributed by atoms with Crippen molar-refractivity contribution in [3.05, 3.63) is 30.1 Å². The maximum absolute atomic E-state index is 10.6. The summed E-state index contributed by atoms with van der Waals surface area (Å²) in [7, 11) is 0. The summed E-state index contributed by atoms with van der Waals surface area (Å²) in [6.07, 6.45) is 0. The lowest BCUT2D eigenvalue weighted by Gasteiger charge is -2.03. The molecule has 2 rings (SSSR count). The van der Waals surface area contributed by atoms with Crippen molar-refractivity contribution in [3.8, 4) is 11.5 Å². The van der Waals surface area contributed by atoms with E-state index < -0.39 is 5.97 Å². The Hall–Kier alpha value is -2.41. The number of aromatic nitrogens is 2. The molecule has 1 aromatic heterocycles. The third-order valence-corrected chi connectivity index (χ3v) is 2.19. The molecule has 0 radical (unpaired) electrons. The highest BCUT2D eigenvalue weighted by Crippen LogP contribution is 2.19. The number of aliphatic hydroxyl groups excluding tert-OH is 1. The predicted molar refractivity (Wildman–Crippen MR) is 62.3 cm³/mol. The van der Waals surface area contributed by atoms with Gasteiger partial charge in [0.25, 0.3) is 11.7 Å². The first kappa shape index (κ1) is 12.1. The van der Waals surface area contributed by atoms with E-state index in [0.29, 0.717) is 12.1 Å². The van der Waals surface area contributed by atoms with Crippen molar-refractivity contribution in [1.29, 1.82) is 0 Å². The lowest BCUT2D eigenvalue weighted by atomic mass is 10.2. The molecule has 0 aliphatic heterocycles. The van der Waals surface area contributed by atoms with Crippen LogP contribution in [0.5, 0.6) is 0 Å². The van der Waals surface area contributed by atoms with Crippen LogP contribution in [0.3, 0.4) is 0 Å². The number of nitrogens with one attached hydrogen (secondary N) is 1. The molecule has 0 aliphatic rings. The summed E-state index contributed by atoms with van der Waals surface area (Å²) in [4.78, 5) is 14.3. The van der Waals surface area contributed by atoms with Crippen LogP contribution in [-0.2, 0) is 0 Å². The SMILES string of the molecule is O=C(O)c1noc(-c2ccc(NCCO)cc2)n1. The fraction of sp³-hybridized carbons (Fsp3) is 0.182. The Bertz CT molecular complexity index is 535. The summed E-state index contributed by atoms with van der Waals surface area (Å²) in [5.41, 5.74) is 1.47. The largest absolute Gasteiger partial charge is 0.475 e. The van der Waals surface area contributed by atoms with E-state index in [1.54, 1.807) is 24.3 Å². The maximum atomic E-state index is 10.6. The first-order valence-corrected chi connectivity index (χ1v) is 5.23. The van der Waals surface area contributed by atoms with Gasteiger partial charge in [-0.2, -0.15) is 4.98 Å². The third kappa shape index (κ3) is 2.64. The van der Waals surface area contributed by atoms with Gasteiger partial charge in [0, 0.05) is 17.8 Å². The predicted octanol–water partition coefficient (Wildman–Crippen LogP) is 0.839. The van der Waals surface area contributed by atoms with Gasteiger partial charge in [-0.3, -0.25) is 0 Å². The van der Waals surface area contributed by atoms with E-state index in [-0.39, 0.29) is 18.3 Å². The average molecular weight is 249 g/mol. The highest BCUT2D eigenvalue weighted by Gasteiger charge is 2.13. The molecule has 3 N–H and O–H groups in total. The number of carboxylic acids is 1. The molecule has 94 valence electrons. The molecule has 0 fully saturated rings. The van der Waals surface area contributed by atoms with Gasteiger partial charge in [0.1, 0.15) is 0 Å². The summed E-state index contributed by atoms with van der Waals surface area (Å²) >= 11 is 0. The van der Waals surface area contributed by atoms with Gasteiger partial charge in [0.2, 0.25) is 0 Å². The van der Waals surface area contributed by atoms with Crippen molar-refractivity contribution in [2.24, 2.45) is 0 Å². The highest BCUT2D eigenvalue weighted by molar-refractivity contribution is 5.83. The van der Waals surface area contributed by atoms with E-state index in [9.17, 15) is 4.79 Å². The molecule has 1 heterocycles. The fourth-order valence-corrected chi connectivity index (χ4v) is 1.36. The van der Waals surface area contributed by atoms with Gasteiger partial charge in [-0.25, -0.2) is 4.79 Å². The number of carbonyl (C=O) groups is 1. The van der Waals surface area contributed by atoms with Gasteiger partial charge < -0.3 is 20.1 Å². The number of hydrogen-bond acceptors (Lipinski definition) is 6. The minimum absolute atomic E-state index is 0.0490. The highest BCUT2D eigenvalue weighted by atomic mass is 16.5. The van der Waals surface area contributed by atoms with Crippen LogP contribution in [0.25, 0.3) is 11.5 Å². The number of aliphatic hydroxyl groups is 1. The molecule has 1 aromatic carbocycles. The summed E-state index contributed by atoms with van der Waals surface area (Å²) in [5, 5.41) is 23.6. The number of carboxylic acid groups (broad SMARTS) is 1. The van der Waals surface area contributed by atoms with Crippen LogP contribution in [0.15, 0.2) is 28.8 Å². The number of hydrogen-bond donors (Lipinski definition) is 3. The minimum atomic E-state index is -1.23. The van der Waals surface area contributed by atoms with Crippen molar-refractivity contribution in [2.45, 2.75) is 0 Å². The van der Waals surface area contributed by atoms with Crippen LogP contribution in [0.2, 0.25) is 0 Å². The number of aromatic carboxylic acids is 1. The second-order valence-corrected chi connectivity index (χ2v) is 3.46. The molecule has 7 heteroatoms. The number of benzene rings is 1. The third-order valence-electron chi connectivity index (χ3n) is 2.19. The molecule has 0 spiro atoms. The molecule has 0 saturated heterocycles. The monoisotopic (exact) mass is 249 g/mol. The summed E-state index contributed by atoms with van der Waals surface area (Å²) in [5.74, 6) is -1.44. The van der Waals surface area contributed by atoms with Crippen LogP contribution in [0.1, 0.15) is 10.6 Å². The van der Waals surface area contributed by atoms with Gasteiger partial charge in [-0.1, -0.05) is 0 Å². The Morgan fingerprint density at radius 3 is 2.61 bits per heavy atom. The molecule has 18 heavy (non-hydrogen) atoms. The molecule has 0 bridgehead atoms. The first-order valence-electron chi connectivity index (χ1n) is 5.23. The summed E-state index contributed by atoms with van der Waals surface area (Å²) in [6.45, 7) is 0.510. The Labute approximate surface area is 102 Å². The Kier molecular flexibility index (Phi) is 3.54. The zero-order valence-corrected chi connectivity index (χ0v) is 9.33. The van der Waals surface area contributed by atoms with Crippen LogP contribution >= 0.6 is 0 Å². The molecule has 0 aliphatic carbocycles. The molecule has 2 aromatic rings. The summed E-state index contributed by atoms with van der Waals surface area (Å²) in [6, 6.07) is 6.99. The number of anilines is 1. The van der Waals surface area contributed by atoms with Crippen LogP contribution in [0.4, 0.5) is 5.69 Å². The molecule has 7 nitrogen and oxygen atoms in total. The lowest BCUT2D eigenvalue weighted by Crippen LogP contribution is -2.04. The normalized spacial score (nSPS) is 10.3. The van der Waals surface area contributed by atoms with E-state index >= 15 is 0 Å². The summed E-state index contributed by atoms with van der Waals surface area (Å²) < 4.78 is 4.83. The number of nitrogens with zero attached hydrogens (tertiary/aromatic N) is 2. The Morgan fingerprint density at radius 2 is 2.06 bits per heavy atom. The van der Waals surface area contributed by atoms with E-state index in [4.69, 9.17) is 14.7 Å². The van der Waals surface area contributed by atoms with Crippen molar-refractivity contribution >= 4 is 11.7 Å². The smallest absolute Gasteiger partial charge is 0.377 e. The van der Waals surface area contributed by atoms with E-state index in [2.05, 4.69) is 15.5 Å². The molecule has 0 atom stereocenters. The van der Waals surface area contributed by atoms with E-state index in [1.165, 1.54) is 0 Å². The topological polar surface area (TPSA) is 108 Å². The second kappa shape index (κ2) is 5.28. The maximum Gasteiger partial charge on any atom is 0.377 e. The second-order valence-electron chi connectivity index (χ2n) is 3.46. The zero-order chi connectivity index (χ0) is 13.0. The van der Waals surface area contributed by atoms with Crippen molar-refractivity contribution in [3.63, 3.8) is 0 Å². The van der Waals surface area contributed by atoms with Crippen LogP contribution < -0.4 is 5.32 Å². The number of rotatable bonds is 5. The van der Waals surface area contributed by atoms with Gasteiger partial charge in [0.15, 0.2) is 0 Å². The minimum Gasteiger partial charge on any atom is -0.475 e. The zero-order valence-electron chi connectivity index (χ0n) is 9.33. The van der Waals surface area contributed by atoms with Crippen LogP contribution in [0, 0.1) is 0 Å². The van der Waals surface area contributed by atoms with Crippen LogP contribution in [-0.4, -0.2) is 39.5 Å². The Balaban J connectivity index is 2.15. The van der Waals surface area contributed by atoms with Crippen molar-refractivity contribution < 1.29 is 19.5 Å². The lowest BCUT2D eigenvalue weighted by molar-refractivity contribution is 0.0680. The molecule has 0 amide bonds. The quantitative estimate of drug-likeness (QED) is 0.720. The van der Waals surface area contributed by atoms with Gasteiger partial charge in [-0.05, 0) is 29.4 Å². The molecular formula is C11H11N3O4. The molecular weight excluding hydrogens is 238 g/mol. The van der Waals surface area contributed by atoms with E-state index in [0.717, 1.165) is 5.69 Å². The van der Waals surface area contributed by atoms with Gasteiger partial charge in [-0.15, -0.1) is 0 Å². The van der Waals surface area contributed by atoms with Gasteiger partial charge in [0.05, 0.1) is 6.61 Å². The fourth-order valence-electron chi connectivity index (χ4n) is 1.36. The van der Waals surface area contributed by atoms with Crippen molar-refractivity contribution in [2.75, 3.05) is 18.5 Å². The average Bonchev–Trinajstić information content (AvgIpc) is 2.87. The molecule has 0 saturated carbocycles.